The van der Waals surface area contributed by atoms with E-state index in [4.69, 9.17) is 9.47 Å². The molecule has 9 heteroatoms. The van der Waals surface area contributed by atoms with Crippen molar-refractivity contribution >= 4 is 27.6 Å². The second kappa shape index (κ2) is 11.5. The number of carbonyl (C=O) groups is 2. The molecule has 0 unspecified atom stereocenters. The molecule has 0 aliphatic heterocycles. The quantitative estimate of drug-likeness (QED) is 0.531. The molecule has 8 nitrogen and oxygen atoms in total. The molecule has 2 rings (SSSR count). The molecule has 31 heavy (non-hydrogen) atoms. The Morgan fingerprint density at radius 3 is 2.32 bits per heavy atom. The molecule has 0 spiro atoms. The Morgan fingerprint density at radius 2 is 1.71 bits per heavy atom. The van der Waals surface area contributed by atoms with Crippen molar-refractivity contribution in [3.63, 3.8) is 0 Å². The fraction of sp³-hybridized carbons (Fsp3) is 0.364. The van der Waals surface area contributed by atoms with Crippen molar-refractivity contribution in [2.24, 2.45) is 0 Å². The first kappa shape index (κ1) is 24.4. The fourth-order valence-corrected chi connectivity index (χ4v) is 4.36. The lowest BCUT2D eigenvalue weighted by Crippen LogP contribution is -2.30. The minimum Gasteiger partial charge on any atom is -0.497 e. The van der Waals surface area contributed by atoms with Crippen molar-refractivity contribution in [1.82, 2.24) is 4.31 Å². The molecule has 0 saturated heterocycles. The molecule has 0 bridgehead atoms. The van der Waals surface area contributed by atoms with Crippen LogP contribution in [0.1, 0.15) is 25.8 Å². The van der Waals surface area contributed by atoms with Crippen LogP contribution in [0.15, 0.2) is 53.4 Å². The number of nitrogens with zero attached hydrogens (tertiary/aromatic N) is 1. The Kier molecular flexibility index (Phi) is 9.02. The maximum absolute atomic E-state index is 12.5. The number of hydrogen-bond acceptors (Lipinski definition) is 6. The number of methoxy groups -OCH3 is 1. The van der Waals surface area contributed by atoms with Crippen LogP contribution in [0.4, 0.5) is 5.69 Å². The summed E-state index contributed by atoms with van der Waals surface area (Å²) in [6.45, 7) is 3.99. The summed E-state index contributed by atoms with van der Waals surface area (Å²) in [5.74, 6) is -0.362. The molecule has 2 aromatic carbocycles. The van der Waals surface area contributed by atoms with E-state index in [1.54, 1.807) is 50.2 Å². The molecule has 0 saturated carbocycles. The minimum absolute atomic E-state index is 0.0780. The van der Waals surface area contributed by atoms with Crippen molar-refractivity contribution in [2.75, 3.05) is 32.1 Å². The van der Waals surface area contributed by atoms with Crippen LogP contribution in [0.25, 0.3) is 0 Å². The summed E-state index contributed by atoms with van der Waals surface area (Å²) in [5.41, 5.74) is 1.34. The number of rotatable bonds is 11. The van der Waals surface area contributed by atoms with Gasteiger partial charge in [0.25, 0.3) is 5.91 Å². The first-order valence-corrected chi connectivity index (χ1v) is 11.4. The van der Waals surface area contributed by atoms with Crippen molar-refractivity contribution in [3.8, 4) is 5.75 Å². The predicted molar refractivity (Wildman–Crippen MR) is 117 cm³/mol. The molecule has 1 amide bonds. The highest BCUT2D eigenvalue weighted by Gasteiger charge is 2.21. The third-order valence-corrected chi connectivity index (χ3v) is 6.67. The predicted octanol–water partition coefficient (Wildman–Crippen LogP) is 2.84. The summed E-state index contributed by atoms with van der Waals surface area (Å²) in [4.78, 5) is 24.1. The van der Waals surface area contributed by atoms with Crippen molar-refractivity contribution in [1.29, 1.82) is 0 Å². The molecule has 0 atom stereocenters. The van der Waals surface area contributed by atoms with Crippen LogP contribution >= 0.6 is 0 Å². The summed E-state index contributed by atoms with van der Waals surface area (Å²) < 4.78 is 36.5. The van der Waals surface area contributed by atoms with Crippen LogP contribution in [0, 0.1) is 0 Å². The number of nitrogens with one attached hydrogen (secondary N) is 1. The number of esters is 1. The van der Waals surface area contributed by atoms with E-state index in [9.17, 15) is 18.0 Å². The minimum atomic E-state index is -3.51. The first-order chi connectivity index (χ1) is 14.8. The van der Waals surface area contributed by atoms with Gasteiger partial charge < -0.3 is 14.8 Å². The van der Waals surface area contributed by atoms with Gasteiger partial charge in [-0.1, -0.05) is 32.0 Å². The number of anilines is 1. The lowest BCUT2D eigenvalue weighted by atomic mass is 10.1. The number of hydrogen-bond donors (Lipinski definition) is 1. The average molecular weight is 449 g/mol. The second-order valence-electron chi connectivity index (χ2n) is 6.67. The Morgan fingerprint density at radius 1 is 1.03 bits per heavy atom. The van der Waals surface area contributed by atoms with Crippen LogP contribution in [0.5, 0.6) is 5.75 Å². The Bertz CT molecular complexity index is 985. The van der Waals surface area contributed by atoms with Crippen LogP contribution in [0.3, 0.4) is 0 Å². The Balaban J connectivity index is 1.81. The van der Waals surface area contributed by atoms with E-state index >= 15 is 0 Å². The summed E-state index contributed by atoms with van der Waals surface area (Å²) in [6, 6.07) is 13.3. The van der Waals surface area contributed by atoms with Crippen LogP contribution < -0.4 is 10.1 Å². The van der Waals surface area contributed by atoms with E-state index in [2.05, 4.69) is 5.32 Å². The van der Waals surface area contributed by atoms with E-state index < -0.39 is 28.5 Å². The van der Waals surface area contributed by atoms with Gasteiger partial charge in [-0.2, -0.15) is 4.31 Å². The first-order valence-electron chi connectivity index (χ1n) is 9.98. The zero-order valence-electron chi connectivity index (χ0n) is 18.0. The number of benzene rings is 2. The van der Waals surface area contributed by atoms with Gasteiger partial charge >= 0.3 is 5.97 Å². The molecule has 0 aromatic heterocycles. The maximum Gasteiger partial charge on any atom is 0.306 e. The number of amides is 1. The van der Waals surface area contributed by atoms with Gasteiger partial charge in [0, 0.05) is 31.3 Å². The zero-order valence-corrected chi connectivity index (χ0v) is 18.8. The highest BCUT2D eigenvalue weighted by Crippen LogP contribution is 2.18. The van der Waals surface area contributed by atoms with Gasteiger partial charge in [-0.15, -0.1) is 0 Å². The Hall–Kier alpha value is -2.91. The molecule has 0 radical (unpaired) electrons. The van der Waals surface area contributed by atoms with Crippen LogP contribution in [-0.2, 0) is 30.8 Å². The van der Waals surface area contributed by atoms with Gasteiger partial charge in [-0.3, -0.25) is 9.59 Å². The van der Waals surface area contributed by atoms with Gasteiger partial charge in [-0.25, -0.2) is 8.42 Å². The number of sulfonamides is 1. The van der Waals surface area contributed by atoms with Gasteiger partial charge in [0.15, 0.2) is 6.61 Å². The average Bonchev–Trinajstić information content (AvgIpc) is 2.77. The molecule has 2 aromatic rings. The van der Waals surface area contributed by atoms with E-state index in [1.807, 2.05) is 0 Å². The largest absolute Gasteiger partial charge is 0.497 e. The number of aryl methyl sites for hydroxylation is 1. The second-order valence-corrected chi connectivity index (χ2v) is 8.61. The third-order valence-electron chi connectivity index (χ3n) is 4.60. The molecule has 1 N–H and O–H groups in total. The highest BCUT2D eigenvalue weighted by molar-refractivity contribution is 7.89. The fourth-order valence-electron chi connectivity index (χ4n) is 2.90. The monoisotopic (exact) mass is 448 g/mol. The van der Waals surface area contributed by atoms with E-state index in [0.29, 0.717) is 30.9 Å². The van der Waals surface area contributed by atoms with Crippen LogP contribution in [-0.4, -0.2) is 51.4 Å². The molecule has 0 fully saturated rings. The Labute approximate surface area is 183 Å². The normalized spacial score (nSPS) is 11.2. The lowest BCUT2D eigenvalue weighted by Gasteiger charge is -2.18. The van der Waals surface area contributed by atoms with Gasteiger partial charge in [0.1, 0.15) is 5.75 Å². The molecule has 0 heterocycles. The molecule has 0 aliphatic carbocycles. The SMILES string of the molecule is CCN(CC)S(=O)(=O)c1ccc(CCC(=O)OCC(=O)Nc2cccc(OC)c2)cc1. The van der Waals surface area contributed by atoms with Crippen molar-refractivity contribution in [2.45, 2.75) is 31.6 Å². The molecular weight excluding hydrogens is 420 g/mol. The van der Waals surface area contributed by atoms with Gasteiger partial charge in [-0.05, 0) is 36.2 Å². The zero-order chi connectivity index (χ0) is 22.9. The number of ether oxygens (including phenoxy) is 2. The maximum atomic E-state index is 12.5. The standard InChI is InChI=1S/C22H28N2O6S/c1-4-24(5-2)31(27,28)20-12-9-17(10-13-20)11-14-22(26)30-16-21(25)23-18-7-6-8-19(15-18)29-3/h6-10,12-13,15H,4-5,11,14,16H2,1-3H3,(H,23,25). The summed E-state index contributed by atoms with van der Waals surface area (Å²) in [6.07, 6.45) is 0.455. The summed E-state index contributed by atoms with van der Waals surface area (Å²) in [7, 11) is -1.98. The lowest BCUT2D eigenvalue weighted by molar-refractivity contribution is -0.147. The van der Waals surface area contributed by atoms with Gasteiger partial charge in [0.2, 0.25) is 10.0 Å². The number of carbonyl (C=O) groups excluding carboxylic acids is 2. The third kappa shape index (κ3) is 7.08. The topological polar surface area (TPSA) is 102 Å². The van der Waals surface area contributed by atoms with E-state index in [-0.39, 0.29) is 11.3 Å². The van der Waals surface area contributed by atoms with Crippen LogP contribution in [0.2, 0.25) is 0 Å². The molecule has 0 aliphatic rings. The summed E-state index contributed by atoms with van der Waals surface area (Å²) in [5, 5.41) is 2.63. The van der Waals surface area contributed by atoms with E-state index in [0.717, 1.165) is 5.56 Å². The molecule has 168 valence electrons. The smallest absolute Gasteiger partial charge is 0.306 e. The van der Waals surface area contributed by atoms with Crippen molar-refractivity contribution in [3.05, 3.63) is 54.1 Å². The molecular formula is C22H28N2O6S. The summed E-state index contributed by atoms with van der Waals surface area (Å²) >= 11 is 0. The van der Waals surface area contributed by atoms with Crippen molar-refractivity contribution < 1.29 is 27.5 Å². The van der Waals surface area contributed by atoms with E-state index in [1.165, 1.54) is 23.5 Å². The highest BCUT2D eigenvalue weighted by atomic mass is 32.2. The van der Waals surface area contributed by atoms with Gasteiger partial charge in [0.05, 0.1) is 12.0 Å².